The van der Waals surface area contributed by atoms with Gasteiger partial charge in [-0.15, -0.1) is 10.2 Å². The van der Waals surface area contributed by atoms with E-state index >= 15 is 0 Å². The Bertz CT molecular complexity index is 1240. The number of hydrogen-bond donors (Lipinski definition) is 1. The van der Waals surface area contributed by atoms with Gasteiger partial charge in [0.25, 0.3) is 0 Å². The number of furan rings is 1. The van der Waals surface area contributed by atoms with Crippen LogP contribution in [0.4, 0.5) is 5.69 Å². The summed E-state index contributed by atoms with van der Waals surface area (Å²) >= 11 is 14.7. The first-order chi connectivity index (χ1) is 15.4. The summed E-state index contributed by atoms with van der Waals surface area (Å²) in [6.07, 6.45) is 1.62. The minimum absolute atomic E-state index is 0.158. The van der Waals surface area contributed by atoms with Gasteiger partial charge in [-0.1, -0.05) is 35.5 Å². The van der Waals surface area contributed by atoms with E-state index in [0.29, 0.717) is 28.2 Å². The van der Waals surface area contributed by atoms with Gasteiger partial charge in [0.15, 0.2) is 11.0 Å². The number of thioether (sulfide) groups is 1. The number of aromatic nitrogens is 3. The highest BCUT2D eigenvalue weighted by atomic mass is 79.9. The minimum Gasteiger partial charge on any atom is -0.467 e. The van der Waals surface area contributed by atoms with Crippen LogP contribution in [0, 0.1) is 6.92 Å². The number of nitrogens with zero attached hydrogens (tertiary/aromatic N) is 3. The van der Waals surface area contributed by atoms with Crippen molar-refractivity contribution in [3.05, 3.63) is 80.1 Å². The zero-order valence-corrected chi connectivity index (χ0v) is 21.6. The Morgan fingerprint density at radius 1 is 1.16 bits per heavy atom. The molecule has 0 radical (unpaired) electrons. The van der Waals surface area contributed by atoms with Crippen LogP contribution in [0.25, 0.3) is 11.4 Å². The van der Waals surface area contributed by atoms with Crippen LogP contribution in [-0.4, -0.2) is 26.4 Å². The second-order valence-electron chi connectivity index (χ2n) is 6.89. The molecule has 0 aliphatic rings. The molecule has 0 unspecified atom stereocenters. The smallest absolute Gasteiger partial charge is 0.234 e. The molecular formula is C22H17Br2ClN4O2S. The van der Waals surface area contributed by atoms with Gasteiger partial charge in [-0.05, 0) is 80.7 Å². The number of nitrogens with one attached hydrogen (secondary N) is 1. The number of carbonyl (C=O) groups excluding carboxylic acids is 1. The third-order valence-electron chi connectivity index (χ3n) is 4.51. The molecule has 0 spiro atoms. The maximum Gasteiger partial charge on any atom is 0.234 e. The van der Waals surface area contributed by atoms with Crippen LogP contribution in [0.3, 0.4) is 0 Å². The Hall–Kier alpha value is -2.07. The van der Waals surface area contributed by atoms with E-state index < -0.39 is 0 Å². The van der Waals surface area contributed by atoms with Crippen molar-refractivity contribution in [3.63, 3.8) is 0 Å². The maximum absolute atomic E-state index is 12.7. The molecule has 4 aromatic rings. The summed E-state index contributed by atoms with van der Waals surface area (Å²) < 4.78 is 9.03. The largest absolute Gasteiger partial charge is 0.467 e. The molecule has 0 fully saturated rings. The van der Waals surface area contributed by atoms with Crippen molar-refractivity contribution in [3.8, 4) is 11.4 Å². The van der Waals surface area contributed by atoms with E-state index in [-0.39, 0.29) is 11.7 Å². The first-order valence-corrected chi connectivity index (χ1v) is 12.5. The second kappa shape index (κ2) is 10.2. The van der Waals surface area contributed by atoms with Crippen molar-refractivity contribution in [2.24, 2.45) is 0 Å². The van der Waals surface area contributed by atoms with Crippen molar-refractivity contribution in [2.45, 2.75) is 18.6 Å². The van der Waals surface area contributed by atoms with Crippen LogP contribution < -0.4 is 5.32 Å². The molecule has 0 aliphatic heterocycles. The molecule has 0 saturated heterocycles. The molecule has 2 aromatic heterocycles. The lowest BCUT2D eigenvalue weighted by Gasteiger charge is -2.12. The lowest BCUT2D eigenvalue weighted by Crippen LogP contribution is -2.15. The zero-order valence-electron chi connectivity index (χ0n) is 16.8. The van der Waals surface area contributed by atoms with Crippen LogP contribution in [-0.2, 0) is 11.3 Å². The summed E-state index contributed by atoms with van der Waals surface area (Å²) in [6, 6.07) is 15.0. The van der Waals surface area contributed by atoms with E-state index in [9.17, 15) is 4.79 Å². The second-order valence-corrected chi connectivity index (χ2v) is 9.95. The monoisotopic (exact) mass is 594 g/mol. The number of carbonyl (C=O) groups is 1. The molecule has 10 heteroatoms. The molecule has 1 N–H and O–H groups in total. The molecule has 4 rings (SSSR count). The van der Waals surface area contributed by atoms with Gasteiger partial charge in [0, 0.05) is 14.5 Å². The van der Waals surface area contributed by atoms with Crippen LogP contribution in [0.2, 0.25) is 5.02 Å². The van der Waals surface area contributed by atoms with Crippen molar-refractivity contribution < 1.29 is 9.21 Å². The highest BCUT2D eigenvalue weighted by Gasteiger charge is 2.19. The van der Waals surface area contributed by atoms with E-state index in [1.165, 1.54) is 11.8 Å². The van der Waals surface area contributed by atoms with Crippen LogP contribution in [0.15, 0.2) is 73.3 Å². The molecule has 2 aromatic carbocycles. The predicted molar refractivity (Wildman–Crippen MR) is 134 cm³/mol. The number of anilines is 1. The molecule has 0 saturated carbocycles. The fraction of sp³-hybridized carbons (Fsp3) is 0.136. The Balaban J connectivity index is 1.56. The highest BCUT2D eigenvalue weighted by Crippen LogP contribution is 2.33. The van der Waals surface area contributed by atoms with Gasteiger partial charge in [-0.3, -0.25) is 9.36 Å². The third kappa shape index (κ3) is 5.28. The molecular weight excluding hydrogens is 580 g/mol. The first-order valence-electron chi connectivity index (χ1n) is 9.51. The fourth-order valence-electron chi connectivity index (χ4n) is 3.06. The summed E-state index contributed by atoms with van der Waals surface area (Å²) in [5.41, 5.74) is 2.53. The Morgan fingerprint density at radius 3 is 2.59 bits per heavy atom. The number of aryl methyl sites for hydroxylation is 1. The number of halogens is 3. The molecule has 164 valence electrons. The van der Waals surface area contributed by atoms with Gasteiger partial charge in [0.05, 0.1) is 29.3 Å². The standard InChI is InChI=1S/C22H17Br2ClN4O2S/c1-13-9-16(23)20(17(24)10-13)26-19(30)12-32-22-28-27-21(15-6-2-3-7-18(15)25)29(22)11-14-5-4-8-31-14/h2-10H,11-12H2,1H3,(H,26,30). The van der Waals surface area contributed by atoms with E-state index in [4.69, 9.17) is 16.0 Å². The topological polar surface area (TPSA) is 73.0 Å². The van der Waals surface area contributed by atoms with Gasteiger partial charge in [0.1, 0.15) is 5.76 Å². The highest BCUT2D eigenvalue weighted by molar-refractivity contribution is 9.11. The van der Waals surface area contributed by atoms with Crippen molar-refractivity contribution in [1.29, 1.82) is 0 Å². The molecule has 0 atom stereocenters. The molecule has 2 heterocycles. The van der Waals surface area contributed by atoms with Gasteiger partial charge in [-0.2, -0.15) is 0 Å². The minimum atomic E-state index is -0.160. The summed E-state index contributed by atoms with van der Waals surface area (Å²) in [5, 5.41) is 12.8. The molecule has 6 nitrogen and oxygen atoms in total. The summed E-state index contributed by atoms with van der Waals surface area (Å²) in [4.78, 5) is 12.7. The lowest BCUT2D eigenvalue weighted by molar-refractivity contribution is -0.113. The van der Waals surface area contributed by atoms with E-state index in [0.717, 1.165) is 25.8 Å². The van der Waals surface area contributed by atoms with Crippen molar-refractivity contribution >= 4 is 66.8 Å². The van der Waals surface area contributed by atoms with E-state index in [2.05, 4.69) is 47.4 Å². The lowest BCUT2D eigenvalue weighted by atomic mass is 10.2. The maximum atomic E-state index is 12.7. The zero-order chi connectivity index (χ0) is 22.7. The van der Waals surface area contributed by atoms with Crippen molar-refractivity contribution in [1.82, 2.24) is 14.8 Å². The molecule has 1 amide bonds. The Labute approximate surface area is 211 Å². The molecule has 0 bridgehead atoms. The van der Waals surface area contributed by atoms with Gasteiger partial charge < -0.3 is 9.73 Å². The SMILES string of the molecule is Cc1cc(Br)c(NC(=O)CSc2nnc(-c3ccccc3Cl)n2Cc2ccco2)c(Br)c1. The van der Waals surface area contributed by atoms with Gasteiger partial charge >= 0.3 is 0 Å². The number of benzene rings is 2. The summed E-state index contributed by atoms with van der Waals surface area (Å²) in [5.74, 6) is 1.36. The number of rotatable bonds is 7. The third-order valence-corrected chi connectivity index (χ3v) is 7.06. The predicted octanol–water partition coefficient (Wildman–Crippen LogP) is 6.80. The molecule has 32 heavy (non-hydrogen) atoms. The van der Waals surface area contributed by atoms with E-state index in [1.807, 2.05) is 54.0 Å². The number of amides is 1. The van der Waals surface area contributed by atoms with E-state index in [1.54, 1.807) is 12.3 Å². The van der Waals surface area contributed by atoms with Crippen LogP contribution in [0.1, 0.15) is 11.3 Å². The van der Waals surface area contributed by atoms with Crippen LogP contribution >= 0.6 is 55.2 Å². The average Bonchev–Trinajstić information content (AvgIpc) is 3.40. The fourth-order valence-corrected chi connectivity index (χ4v) is 5.63. The summed E-state index contributed by atoms with van der Waals surface area (Å²) in [7, 11) is 0. The van der Waals surface area contributed by atoms with Gasteiger partial charge in [-0.25, -0.2) is 0 Å². The first kappa shape index (κ1) is 23.1. The summed E-state index contributed by atoms with van der Waals surface area (Å²) in [6.45, 7) is 2.40. The average molecular weight is 597 g/mol. The molecule has 0 aliphatic carbocycles. The number of hydrogen-bond acceptors (Lipinski definition) is 5. The Morgan fingerprint density at radius 2 is 1.91 bits per heavy atom. The van der Waals surface area contributed by atoms with Crippen molar-refractivity contribution in [2.75, 3.05) is 11.1 Å². The Kier molecular flexibility index (Phi) is 7.40. The van der Waals surface area contributed by atoms with Gasteiger partial charge in [0.2, 0.25) is 5.91 Å². The van der Waals surface area contributed by atoms with Crippen LogP contribution in [0.5, 0.6) is 0 Å². The normalized spacial score (nSPS) is 11.0. The quantitative estimate of drug-likeness (QED) is 0.238.